The van der Waals surface area contributed by atoms with Crippen LogP contribution in [0.15, 0.2) is 47.4 Å². The number of carbonyl (C=O) groups is 1. The van der Waals surface area contributed by atoms with Crippen molar-refractivity contribution < 1.29 is 4.79 Å². The van der Waals surface area contributed by atoms with E-state index in [1.54, 1.807) is 37.5 Å². The number of benzene rings is 1. The fraction of sp³-hybridized carbons (Fsp3) is 0.143. The largest absolute Gasteiger partial charge is 0.380 e. The Bertz CT molecular complexity index is 662. The number of primary amides is 1. The van der Waals surface area contributed by atoms with Crippen LogP contribution in [-0.2, 0) is 13.6 Å². The molecule has 0 atom stereocenters. The Hall–Kier alpha value is -2.56. The van der Waals surface area contributed by atoms with Crippen molar-refractivity contribution in [2.45, 2.75) is 6.54 Å². The number of rotatable bonds is 4. The molecule has 1 heterocycles. The molecule has 0 saturated carbocycles. The lowest BCUT2D eigenvalue weighted by Gasteiger charge is -2.08. The molecule has 0 unspecified atom stereocenters. The second-order valence-corrected chi connectivity index (χ2v) is 4.29. The highest BCUT2D eigenvalue weighted by Gasteiger charge is 2.01. The van der Waals surface area contributed by atoms with Crippen LogP contribution in [0, 0.1) is 0 Å². The molecule has 1 aromatic carbocycles. The van der Waals surface area contributed by atoms with E-state index >= 15 is 0 Å². The molecule has 0 bridgehead atoms. The molecule has 0 fully saturated rings. The molecular formula is C14H15N3O2. The van der Waals surface area contributed by atoms with Crippen LogP contribution in [-0.4, -0.2) is 10.5 Å². The zero-order valence-electron chi connectivity index (χ0n) is 10.6. The van der Waals surface area contributed by atoms with Crippen LogP contribution in [0.4, 0.5) is 5.69 Å². The molecule has 0 radical (unpaired) electrons. The van der Waals surface area contributed by atoms with Gasteiger partial charge in [-0.15, -0.1) is 0 Å². The van der Waals surface area contributed by atoms with Gasteiger partial charge < -0.3 is 15.6 Å². The predicted molar refractivity (Wildman–Crippen MR) is 74.0 cm³/mol. The molecule has 1 aromatic heterocycles. The number of hydrogen-bond donors (Lipinski definition) is 2. The number of hydrogen-bond acceptors (Lipinski definition) is 3. The number of anilines is 1. The van der Waals surface area contributed by atoms with Gasteiger partial charge in [0.2, 0.25) is 11.5 Å². The normalized spacial score (nSPS) is 10.2. The van der Waals surface area contributed by atoms with E-state index in [9.17, 15) is 9.59 Å². The fourth-order valence-corrected chi connectivity index (χ4v) is 1.74. The number of nitrogens with zero attached hydrogens (tertiary/aromatic N) is 1. The van der Waals surface area contributed by atoms with Crippen LogP contribution in [0.2, 0.25) is 0 Å². The lowest BCUT2D eigenvalue weighted by Crippen LogP contribution is -2.15. The highest BCUT2D eigenvalue weighted by atomic mass is 16.1. The Kier molecular flexibility index (Phi) is 3.66. The number of aryl methyl sites for hydroxylation is 1. The molecule has 19 heavy (non-hydrogen) atoms. The predicted octanol–water partition coefficient (Wildman–Crippen LogP) is 1.10. The molecule has 2 rings (SSSR count). The summed E-state index contributed by atoms with van der Waals surface area (Å²) in [7, 11) is 1.70. The van der Waals surface area contributed by atoms with E-state index in [1.807, 2.05) is 6.07 Å². The molecule has 0 aliphatic rings. The molecule has 5 nitrogen and oxygen atoms in total. The molecule has 2 aromatic rings. The average Bonchev–Trinajstić information content (AvgIpc) is 2.40. The molecule has 0 aliphatic heterocycles. The Morgan fingerprint density at radius 1 is 1.32 bits per heavy atom. The third kappa shape index (κ3) is 3.22. The van der Waals surface area contributed by atoms with E-state index in [0.717, 1.165) is 11.3 Å². The third-order valence-electron chi connectivity index (χ3n) is 2.79. The lowest BCUT2D eigenvalue weighted by atomic mass is 10.1. The zero-order chi connectivity index (χ0) is 13.8. The standard InChI is InChI=1S/C14H15N3O2/c1-17-9-12(5-6-13(17)18)16-8-10-3-2-4-11(7-10)14(15)19/h2-7,9,16H,8H2,1H3,(H2,15,19). The molecule has 3 N–H and O–H groups in total. The van der Waals surface area contributed by atoms with Crippen molar-refractivity contribution in [2.24, 2.45) is 12.8 Å². The van der Waals surface area contributed by atoms with Crippen LogP contribution in [0.1, 0.15) is 15.9 Å². The summed E-state index contributed by atoms with van der Waals surface area (Å²) in [6.45, 7) is 0.555. The minimum Gasteiger partial charge on any atom is -0.380 e. The van der Waals surface area contributed by atoms with Crippen LogP contribution >= 0.6 is 0 Å². The van der Waals surface area contributed by atoms with Crippen molar-refractivity contribution in [3.63, 3.8) is 0 Å². The van der Waals surface area contributed by atoms with Crippen molar-refractivity contribution in [2.75, 3.05) is 5.32 Å². The van der Waals surface area contributed by atoms with Crippen LogP contribution in [0.3, 0.4) is 0 Å². The highest BCUT2D eigenvalue weighted by Crippen LogP contribution is 2.09. The van der Waals surface area contributed by atoms with Gasteiger partial charge in [0.15, 0.2) is 0 Å². The lowest BCUT2D eigenvalue weighted by molar-refractivity contribution is 0.1000. The molecule has 0 aliphatic carbocycles. The third-order valence-corrected chi connectivity index (χ3v) is 2.79. The molecule has 98 valence electrons. The van der Waals surface area contributed by atoms with Gasteiger partial charge in [-0.3, -0.25) is 9.59 Å². The summed E-state index contributed by atoms with van der Waals surface area (Å²) < 4.78 is 1.50. The van der Waals surface area contributed by atoms with E-state index in [2.05, 4.69) is 5.32 Å². The van der Waals surface area contributed by atoms with Gasteiger partial charge in [-0.1, -0.05) is 12.1 Å². The van der Waals surface area contributed by atoms with Crippen LogP contribution in [0.5, 0.6) is 0 Å². The van der Waals surface area contributed by atoms with E-state index in [1.165, 1.54) is 10.6 Å². The van der Waals surface area contributed by atoms with Crippen molar-refractivity contribution in [1.82, 2.24) is 4.57 Å². The van der Waals surface area contributed by atoms with Crippen LogP contribution < -0.4 is 16.6 Å². The van der Waals surface area contributed by atoms with E-state index in [-0.39, 0.29) is 5.56 Å². The quantitative estimate of drug-likeness (QED) is 0.861. The number of nitrogens with one attached hydrogen (secondary N) is 1. The first-order valence-electron chi connectivity index (χ1n) is 5.85. The van der Waals surface area contributed by atoms with Crippen molar-refractivity contribution in [3.8, 4) is 0 Å². The van der Waals surface area contributed by atoms with Gasteiger partial charge in [0.25, 0.3) is 0 Å². The minimum atomic E-state index is -0.441. The number of amides is 1. The monoisotopic (exact) mass is 257 g/mol. The maximum absolute atomic E-state index is 11.2. The number of pyridine rings is 1. The molecule has 5 heteroatoms. The molecule has 0 saturated heterocycles. The SMILES string of the molecule is Cn1cc(NCc2cccc(C(N)=O)c2)ccc1=O. The second kappa shape index (κ2) is 5.39. The van der Waals surface area contributed by atoms with Gasteiger partial charge >= 0.3 is 0 Å². The summed E-state index contributed by atoms with van der Waals surface area (Å²) in [5, 5.41) is 3.18. The molecular weight excluding hydrogens is 242 g/mol. The van der Waals surface area contributed by atoms with Crippen LogP contribution in [0.25, 0.3) is 0 Å². The van der Waals surface area contributed by atoms with Crippen molar-refractivity contribution in [1.29, 1.82) is 0 Å². The zero-order valence-corrected chi connectivity index (χ0v) is 10.6. The first-order valence-corrected chi connectivity index (χ1v) is 5.85. The van der Waals surface area contributed by atoms with Crippen molar-refractivity contribution >= 4 is 11.6 Å². The topological polar surface area (TPSA) is 77.1 Å². The highest BCUT2D eigenvalue weighted by molar-refractivity contribution is 5.92. The van der Waals surface area contributed by atoms with Gasteiger partial charge in [-0.25, -0.2) is 0 Å². The summed E-state index contributed by atoms with van der Waals surface area (Å²) in [6, 6.07) is 10.3. The Labute approximate surface area is 110 Å². The number of aromatic nitrogens is 1. The molecule has 1 amide bonds. The number of carbonyl (C=O) groups excluding carboxylic acids is 1. The second-order valence-electron chi connectivity index (χ2n) is 4.29. The first kappa shape index (κ1) is 12.9. The van der Waals surface area contributed by atoms with Gasteiger partial charge in [0, 0.05) is 31.4 Å². The summed E-state index contributed by atoms with van der Waals surface area (Å²) in [6.07, 6.45) is 1.72. The maximum Gasteiger partial charge on any atom is 0.250 e. The molecule has 0 spiro atoms. The van der Waals surface area contributed by atoms with Crippen molar-refractivity contribution in [3.05, 3.63) is 64.1 Å². The van der Waals surface area contributed by atoms with Gasteiger partial charge in [0.1, 0.15) is 0 Å². The van der Waals surface area contributed by atoms with Gasteiger partial charge in [-0.2, -0.15) is 0 Å². The maximum atomic E-state index is 11.2. The fourth-order valence-electron chi connectivity index (χ4n) is 1.74. The smallest absolute Gasteiger partial charge is 0.250 e. The first-order chi connectivity index (χ1) is 9.06. The Morgan fingerprint density at radius 2 is 2.11 bits per heavy atom. The summed E-state index contributed by atoms with van der Waals surface area (Å²) in [5.41, 5.74) is 7.45. The Morgan fingerprint density at radius 3 is 2.79 bits per heavy atom. The average molecular weight is 257 g/mol. The summed E-state index contributed by atoms with van der Waals surface area (Å²) in [5.74, 6) is -0.441. The number of nitrogens with two attached hydrogens (primary N) is 1. The summed E-state index contributed by atoms with van der Waals surface area (Å²) in [4.78, 5) is 22.3. The summed E-state index contributed by atoms with van der Waals surface area (Å²) >= 11 is 0. The van der Waals surface area contributed by atoms with E-state index < -0.39 is 5.91 Å². The minimum absolute atomic E-state index is 0.0544. The van der Waals surface area contributed by atoms with Gasteiger partial charge in [0.05, 0.1) is 5.69 Å². The van der Waals surface area contributed by atoms with E-state index in [0.29, 0.717) is 12.1 Å². The van der Waals surface area contributed by atoms with Gasteiger partial charge in [-0.05, 0) is 23.8 Å². The van der Waals surface area contributed by atoms with E-state index in [4.69, 9.17) is 5.73 Å². The Balaban J connectivity index is 2.09.